The minimum absolute atomic E-state index is 0.129. The third-order valence-electron chi connectivity index (χ3n) is 6.51. The molecule has 1 saturated heterocycles. The highest BCUT2D eigenvalue weighted by Crippen LogP contribution is 2.23. The SMILES string of the molecule is O=C(CCc1nc2ccccc2n(CCc2ccccc2)c1=O)Nc1ccc(N2CCCC2=O)cc1. The molecule has 1 aromatic heterocycles. The maximum Gasteiger partial charge on any atom is 0.272 e. The Kier molecular flexibility index (Phi) is 6.89. The Morgan fingerprint density at radius 1 is 0.889 bits per heavy atom. The molecule has 0 spiro atoms. The van der Waals surface area contributed by atoms with Crippen molar-refractivity contribution in [3.05, 3.63) is 100 Å². The van der Waals surface area contributed by atoms with Gasteiger partial charge in [-0.05, 0) is 54.8 Å². The topological polar surface area (TPSA) is 84.3 Å². The molecule has 0 saturated carbocycles. The number of hydrogen-bond acceptors (Lipinski definition) is 4. The molecular formula is C29H28N4O3. The maximum atomic E-state index is 13.3. The number of amides is 2. The summed E-state index contributed by atoms with van der Waals surface area (Å²) < 4.78 is 1.76. The van der Waals surface area contributed by atoms with E-state index in [9.17, 15) is 14.4 Å². The Bertz CT molecular complexity index is 1450. The first-order valence-corrected chi connectivity index (χ1v) is 12.3. The van der Waals surface area contributed by atoms with Gasteiger partial charge in [0.25, 0.3) is 5.56 Å². The number of fused-ring (bicyclic) bond motifs is 1. The first-order valence-electron chi connectivity index (χ1n) is 12.3. The molecular weight excluding hydrogens is 452 g/mol. The van der Waals surface area contributed by atoms with Gasteiger partial charge in [-0.25, -0.2) is 4.98 Å². The lowest BCUT2D eigenvalue weighted by atomic mass is 10.1. The molecule has 182 valence electrons. The Balaban J connectivity index is 1.27. The number of carbonyl (C=O) groups excluding carboxylic acids is 2. The lowest BCUT2D eigenvalue weighted by molar-refractivity contribution is -0.117. The van der Waals surface area contributed by atoms with Crippen LogP contribution in [0.25, 0.3) is 11.0 Å². The second kappa shape index (κ2) is 10.6. The Morgan fingerprint density at radius 3 is 2.39 bits per heavy atom. The fourth-order valence-corrected chi connectivity index (χ4v) is 4.62. The standard InChI is InChI=1S/C29H28N4O3/c34-27(30-22-12-14-23(15-13-22)32-19-6-11-28(32)35)17-16-25-29(36)33(20-18-21-7-2-1-3-8-21)26-10-5-4-9-24(26)31-25/h1-5,7-10,12-15H,6,11,16-20H2,(H,30,34). The summed E-state index contributed by atoms with van der Waals surface area (Å²) in [4.78, 5) is 44.2. The van der Waals surface area contributed by atoms with Crippen LogP contribution in [0.4, 0.5) is 11.4 Å². The van der Waals surface area contributed by atoms with E-state index in [1.54, 1.807) is 21.6 Å². The normalized spacial score (nSPS) is 13.3. The van der Waals surface area contributed by atoms with E-state index in [2.05, 4.69) is 22.4 Å². The van der Waals surface area contributed by atoms with Gasteiger partial charge in [-0.2, -0.15) is 0 Å². The lowest BCUT2D eigenvalue weighted by Crippen LogP contribution is -2.27. The Morgan fingerprint density at radius 2 is 1.64 bits per heavy atom. The minimum atomic E-state index is -0.190. The number of para-hydroxylation sites is 2. The third-order valence-corrected chi connectivity index (χ3v) is 6.51. The van der Waals surface area contributed by atoms with Gasteiger partial charge in [0, 0.05) is 43.7 Å². The molecule has 7 nitrogen and oxygen atoms in total. The lowest BCUT2D eigenvalue weighted by Gasteiger charge is -2.16. The zero-order chi connectivity index (χ0) is 24.9. The van der Waals surface area contributed by atoms with Crippen molar-refractivity contribution < 1.29 is 9.59 Å². The van der Waals surface area contributed by atoms with E-state index < -0.39 is 0 Å². The number of aromatic nitrogens is 2. The van der Waals surface area contributed by atoms with Crippen molar-refractivity contribution in [2.24, 2.45) is 0 Å². The molecule has 0 atom stereocenters. The predicted octanol–water partition coefficient (Wildman–Crippen LogP) is 4.34. The molecule has 0 radical (unpaired) electrons. The predicted molar refractivity (Wildman–Crippen MR) is 141 cm³/mol. The van der Waals surface area contributed by atoms with E-state index in [0.717, 1.165) is 41.7 Å². The van der Waals surface area contributed by atoms with Crippen LogP contribution in [0.2, 0.25) is 0 Å². The average molecular weight is 481 g/mol. The van der Waals surface area contributed by atoms with Crippen LogP contribution < -0.4 is 15.8 Å². The van der Waals surface area contributed by atoms with Crippen LogP contribution in [-0.2, 0) is 29.0 Å². The number of carbonyl (C=O) groups is 2. The van der Waals surface area contributed by atoms with Gasteiger partial charge in [-0.1, -0.05) is 42.5 Å². The molecule has 7 heteroatoms. The van der Waals surface area contributed by atoms with Gasteiger partial charge in [0.1, 0.15) is 5.69 Å². The number of nitrogens with zero attached hydrogens (tertiary/aromatic N) is 3. The highest BCUT2D eigenvalue weighted by atomic mass is 16.2. The van der Waals surface area contributed by atoms with Gasteiger partial charge in [0.15, 0.2) is 0 Å². The maximum absolute atomic E-state index is 13.3. The molecule has 0 unspecified atom stereocenters. The molecule has 1 fully saturated rings. The van der Waals surface area contributed by atoms with Crippen LogP contribution in [0.15, 0.2) is 83.7 Å². The first kappa shape index (κ1) is 23.5. The number of nitrogens with one attached hydrogen (secondary N) is 1. The smallest absolute Gasteiger partial charge is 0.272 e. The zero-order valence-electron chi connectivity index (χ0n) is 20.0. The van der Waals surface area contributed by atoms with Crippen molar-refractivity contribution in [2.75, 3.05) is 16.8 Å². The van der Waals surface area contributed by atoms with Gasteiger partial charge in [0.05, 0.1) is 11.0 Å². The van der Waals surface area contributed by atoms with Gasteiger partial charge in [0.2, 0.25) is 11.8 Å². The molecule has 2 amide bonds. The summed E-state index contributed by atoms with van der Waals surface area (Å²) in [7, 11) is 0. The molecule has 1 aliphatic heterocycles. The highest BCUT2D eigenvalue weighted by molar-refractivity contribution is 5.96. The van der Waals surface area contributed by atoms with Gasteiger partial charge in [-0.3, -0.25) is 14.4 Å². The van der Waals surface area contributed by atoms with Crippen molar-refractivity contribution in [1.29, 1.82) is 0 Å². The second-order valence-electron chi connectivity index (χ2n) is 8.98. The van der Waals surface area contributed by atoms with Crippen LogP contribution in [0.1, 0.15) is 30.5 Å². The van der Waals surface area contributed by atoms with E-state index in [4.69, 9.17) is 0 Å². The fourth-order valence-electron chi connectivity index (χ4n) is 4.62. The third kappa shape index (κ3) is 5.20. The van der Waals surface area contributed by atoms with Crippen LogP contribution in [0.5, 0.6) is 0 Å². The monoisotopic (exact) mass is 480 g/mol. The molecule has 0 bridgehead atoms. The summed E-state index contributed by atoms with van der Waals surface area (Å²) in [6.45, 7) is 1.27. The second-order valence-corrected chi connectivity index (χ2v) is 8.98. The van der Waals surface area contributed by atoms with Crippen molar-refractivity contribution in [3.8, 4) is 0 Å². The fraction of sp³-hybridized carbons (Fsp3) is 0.241. The van der Waals surface area contributed by atoms with Crippen molar-refractivity contribution in [1.82, 2.24) is 9.55 Å². The summed E-state index contributed by atoms with van der Waals surface area (Å²) in [5, 5.41) is 2.88. The van der Waals surface area contributed by atoms with Crippen molar-refractivity contribution in [2.45, 2.75) is 38.6 Å². The highest BCUT2D eigenvalue weighted by Gasteiger charge is 2.21. The number of aryl methyl sites for hydroxylation is 3. The Labute approximate surface area is 209 Å². The van der Waals surface area contributed by atoms with E-state index >= 15 is 0 Å². The Hall–Kier alpha value is -4.26. The summed E-state index contributed by atoms with van der Waals surface area (Å²) in [5.74, 6) is -0.0608. The van der Waals surface area contributed by atoms with Crippen LogP contribution in [0.3, 0.4) is 0 Å². The van der Waals surface area contributed by atoms with Gasteiger partial charge in [-0.15, -0.1) is 0 Å². The van der Waals surface area contributed by atoms with Gasteiger partial charge < -0.3 is 14.8 Å². The van der Waals surface area contributed by atoms with E-state index in [0.29, 0.717) is 24.3 Å². The number of benzene rings is 3. The number of rotatable bonds is 8. The molecule has 3 aromatic carbocycles. The van der Waals surface area contributed by atoms with Crippen LogP contribution in [-0.4, -0.2) is 27.9 Å². The average Bonchev–Trinajstić information content (AvgIpc) is 3.34. The van der Waals surface area contributed by atoms with Crippen molar-refractivity contribution in [3.63, 3.8) is 0 Å². The van der Waals surface area contributed by atoms with Gasteiger partial charge >= 0.3 is 0 Å². The van der Waals surface area contributed by atoms with Crippen molar-refractivity contribution >= 4 is 34.2 Å². The summed E-state index contributed by atoms with van der Waals surface area (Å²) in [5.41, 5.74) is 4.42. The quantitative estimate of drug-likeness (QED) is 0.407. The molecule has 5 rings (SSSR count). The number of anilines is 2. The number of hydrogen-bond donors (Lipinski definition) is 1. The largest absolute Gasteiger partial charge is 0.326 e. The van der Waals surface area contributed by atoms with E-state index in [-0.39, 0.29) is 30.2 Å². The van der Waals surface area contributed by atoms with Crippen LogP contribution >= 0.6 is 0 Å². The summed E-state index contributed by atoms with van der Waals surface area (Å²) >= 11 is 0. The zero-order valence-corrected chi connectivity index (χ0v) is 20.0. The summed E-state index contributed by atoms with van der Waals surface area (Å²) in [6.07, 6.45) is 2.57. The first-order chi connectivity index (χ1) is 17.6. The minimum Gasteiger partial charge on any atom is -0.326 e. The van der Waals surface area contributed by atoms with Crippen LogP contribution in [0, 0.1) is 0 Å². The molecule has 1 N–H and O–H groups in total. The molecule has 0 aliphatic carbocycles. The summed E-state index contributed by atoms with van der Waals surface area (Å²) in [6, 6.07) is 24.9. The molecule has 4 aromatic rings. The van der Waals surface area contributed by atoms with E-state index in [1.807, 2.05) is 54.6 Å². The molecule has 1 aliphatic rings. The molecule has 2 heterocycles. The molecule has 36 heavy (non-hydrogen) atoms. The van der Waals surface area contributed by atoms with E-state index in [1.165, 1.54) is 0 Å².